The molecule has 24 heavy (non-hydrogen) atoms. The minimum atomic E-state index is -0.449. The number of anilines is 1. The number of benzene rings is 3. The van der Waals surface area contributed by atoms with Gasteiger partial charge in [-0.15, -0.1) is 0 Å². The predicted molar refractivity (Wildman–Crippen MR) is 94.1 cm³/mol. The second-order valence-electron chi connectivity index (χ2n) is 5.62. The third-order valence-corrected chi connectivity index (χ3v) is 3.92. The highest BCUT2D eigenvalue weighted by molar-refractivity contribution is 5.96. The Balaban J connectivity index is 1.81. The lowest BCUT2D eigenvalue weighted by Crippen LogP contribution is -2.14. The zero-order valence-electron chi connectivity index (χ0n) is 13.2. The van der Waals surface area contributed by atoms with Gasteiger partial charge in [0.15, 0.2) is 0 Å². The summed E-state index contributed by atoms with van der Waals surface area (Å²) in [5.41, 5.74) is 1.91. The summed E-state index contributed by atoms with van der Waals surface area (Å²) in [5, 5.41) is 15.8. The van der Waals surface area contributed by atoms with Crippen molar-refractivity contribution in [3.05, 3.63) is 81.9 Å². The number of carbonyl (C=O) groups is 1. The topological polar surface area (TPSA) is 72.2 Å². The van der Waals surface area contributed by atoms with Crippen molar-refractivity contribution in [1.29, 1.82) is 0 Å². The van der Waals surface area contributed by atoms with Crippen LogP contribution in [-0.4, -0.2) is 10.8 Å². The molecule has 3 rings (SSSR count). The molecule has 1 amide bonds. The maximum absolute atomic E-state index is 12.3. The molecule has 120 valence electrons. The Morgan fingerprint density at radius 1 is 1.08 bits per heavy atom. The maximum atomic E-state index is 12.3. The average molecular weight is 320 g/mol. The third kappa shape index (κ3) is 3.25. The van der Waals surface area contributed by atoms with Gasteiger partial charge in [0.1, 0.15) is 0 Å². The van der Waals surface area contributed by atoms with E-state index in [0.717, 1.165) is 16.3 Å². The number of amides is 1. The van der Waals surface area contributed by atoms with E-state index in [1.54, 1.807) is 19.1 Å². The molecule has 5 heteroatoms. The Kier molecular flexibility index (Phi) is 4.24. The van der Waals surface area contributed by atoms with Crippen molar-refractivity contribution >= 4 is 28.1 Å². The number of aryl methyl sites for hydroxylation is 1. The Morgan fingerprint density at radius 2 is 1.83 bits per heavy atom. The number of hydrogen-bond donors (Lipinski definition) is 1. The van der Waals surface area contributed by atoms with Crippen LogP contribution in [0.15, 0.2) is 60.7 Å². The van der Waals surface area contributed by atoms with Crippen molar-refractivity contribution in [1.82, 2.24) is 0 Å². The minimum Gasteiger partial charge on any atom is -0.326 e. The van der Waals surface area contributed by atoms with Crippen LogP contribution < -0.4 is 5.32 Å². The SMILES string of the molecule is Cc1ccc(NC(=O)Cc2cccc3ccccc23)cc1[N+](=O)[O-]. The smallest absolute Gasteiger partial charge is 0.274 e. The highest BCUT2D eigenvalue weighted by Crippen LogP contribution is 2.23. The summed E-state index contributed by atoms with van der Waals surface area (Å²) in [5.74, 6) is -0.204. The lowest BCUT2D eigenvalue weighted by atomic mass is 10.0. The summed E-state index contributed by atoms with van der Waals surface area (Å²) in [7, 11) is 0. The molecular formula is C19H16N2O3. The summed E-state index contributed by atoms with van der Waals surface area (Å²) in [6, 6.07) is 18.4. The molecule has 0 saturated carbocycles. The quantitative estimate of drug-likeness (QED) is 0.577. The second kappa shape index (κ2) is 6.50. The molecule has 0 heterocycles. The number of hydrogen-bond acceptors (Lipinski definition) is 3. The number of nitrogens with one attached hydrogen (secondary N) is 1. The fourth-order valence-corrected chi connectivity index (χ4v) is 2.71. The Hall–Kier alpha value is -3.21. The molecule has 5 nitrogen and oxygen atoms in total. The molecule has 0 bridgehead atoms. The van der Waals surface area contributed by atoms with E-state index < -0.39 is 4.92 Å². The van der Waals surface area contributed by atoms with Gasteiger partial charge in [-0.05, 0) is 29.3 Å². The summed E-state index contributed by atoms with van der Waals surface area (Å²) < 4.78 is 0. The first-order valence-electron chi connectivity index (χ1n) is 7.56. The Bertz CT molecular complexity index is 930. The highest BCUT2D eigenvalue weighted by Gasteiger charge is 2.13. The maximum Gasteiger partial charge on any atom is 0.274 e. The van der Waals surface area contributed by atoms with Gasteiger partial charge in [-0.1, -0.05) is 48.5 Å². The van der Waals surface area contributed by atoms with Gasteiger partial charge in [0.05, 0.1) is 11.3 Å². The number of nitro groups is 1. The highest BCUT2D eigenvalue weighted by atomic mass is 16.6. The normalized spacial score (nSPS) is 10.5. The van der Waals surface area contributed by atoms with Crippen molar-refractivity contribution in [2.75, 3.05) is 5.32 Å². The van der Waals surface area contributed by atoms with Crippen LogP contribution in [0.5, 0.6) is 0 Å². The Morgan fingerprint density at radius 3 is 2.62 bits per heavy atom. The van der Waals surface area contributed by atoms with Crippen molar-refractivity contribution in [2.45, 2.75) is 13.3 Å². The van der Waals surface area contributed by atoms with Crippen LogP contribution >= 0.6 is 0 Å². The molecule has 0 unspecified atom stereocenters. The van der Waals surface area contributed by atoms with Crippen LogP contribution in [0.3, 0.4) is 0 Å². The largest absolute Gasteiger partial charge is 0.326 e. The average Bonchev–Trinajstić information content (AvgIpc) is 2.56. The van der Waals surface area contributed by atoms with Crippen LogP contribution in [0.25, 0.3) is 10.8 Å². The molecule has 0 aliphatic carbocycles. The van der Waals surface area contributed by atoms with Crippen LogP contribution in [0, 0.1) is 17.0 Å². The minimum absolute atomic E-state index is 0.00189. The van der Waals surface area contributed by atoms with Gasteiger partial charge in [-0.3, -0.25) is 14.9 Å². The van der Waals surface area contributed by atoms with Crippen molar-refractivity contribution < 1.29 is 9.72 Å². The number of nitrogens with zero attached hydrogens (tertiary/aromatic N) is 1. The van der Waals surface area contributed by atoms with Gasteiger partial charge >= 0.3 is 0 Å². The first-order valence-corrected chi connectivity index (χ1v) is 7.56. The molecule has 0 aromatic heterocycles. The second-order valence-corrected chi connectivity index (χ2v) is 5.62. The number of rotatable bonds is 4. The van der Waals surface area contributed by atoms with E-state index in [9.17, 15) is 14.9 Å². The fourth-order valence-electron chi connectivity index (χ4n) is 2.71. The fraction of sp³-hybridized carbons (Fsp3) is 0.105. The molecule has 0 saturated heterocycles. The van der Waals surface area contributed by atoms with Gasteiger partial charge in [0.25, 0.3) is 5.69 Å². The van der Waals surface area contributed by atoms with E-state index in [0.29, 0.717) is 11.3 Å². The molecule has 0 atom stereocenters. The number of fused-ring (bicyclic) bond motifs is 1. The van der Waals surface area contributed by atoms with E-state index in [-0.39, 0.29) is 18.0 Å². The Labute approximate surface area is 139 Å². The number of nitro benzene ring substituents is 1. The van der Waals surface area contributed by atoms with Gasteiger partial charge in [-0.25, -0.2) is 0 Å². The third-order valence-electron chi connectivity index (χ3n) is 3.92. The van der Waals surface area contributed by atoms with Crippen molar-refractivity contribution in [3.8, 4) is 0 Å². The van der Waals surface area contributed by atoms with Gasteiger partial charge in [0, 0.05) is 17.3 Å². The molecule has 3 aromatic carbocycles. The lowest BCUT2D eigenvalue weighted by Gasteiger charge is -2.08. The van der Waals surface area contributed by atoms with E-state index in [2.05, 4.69) is 5.32 Å². The van der Waals surface area contributed by atoms with Crippen LogP contribution in [0.4, 0.5) is 11.4 Å². The van der Waals surface area contributed by atoms with Crippen LogP contribution in [0.2, 0.25) is 0 Å². The lowest BCUT2D eigenvalue weighted by molar-refractivity contribution is -0.385. The number of carbonyl (C=O) groups excluding carboxylic acids is 1. The molecule has 0 spiro atoms. The standard InChI is InChI=1S/C19H16N2O3/c1-13-9-10-16(12-18(13)21(23)24)20-19(22)11-15-7-4-6-14-5-2-3-8-17(14)15/h2-10,12H,11H2,1H3,(H,20,22). The first kappa shape index (κ1) is 15.7. The zero-order valence-corrected chi connectivity index (χ0v) is 13.2. The predicted octanol–water partition coefficient (Wildman–Crippen LogP) is 4.24. The van der Waals surface area contributed by atoms with E-state index in [4.69, 9.17) is 0 Å². The van der Waals surface area contributed by atoms with Crippen LogP contribution in [-0.2, 0) is 11.2 Å². The summed E-state index contributed by atoms with van der Waals surface area (Å²) in [6.45, 7) is 1.67. The molecule has 0 aliphatic rings. The van der Waals surface area contributed by atoms with Crippen LogP contribution in [0.1, 0.15) is 11.1 Å². The summed E-state index contributed by atoms with van der Waals surface area (Å²) >= 11 is 0. The van der Waals surface area contributed by atoms with Crippen molar-refractivity contribution in [3.63, 3.8) is 0 Å². The molecule has 0 radical (unpaired) electrons. The summed E-state index contributed by atoms with van der Waals surface area (Å²) in [4.78, 5) is 22.9. The van der Waals surface area contributed by atoms with Gasteiger partial charge < -0.3 is 5.32 Å². The monoisotopic (exact) mass is 320 g/mol. The molecule has 0 fully saturated rings. The zero-order chi connectivity index (χ0) is 17.1. The molecule has 1 N–H and O–H groups in total. The van der Waals surface area contributed by atoms with E-state index >= 15 is 0 Å². The summed E-state index contributed by atoms with van der Waals surface area (Å²) in [6.07, 6.45) is 0.211. The molecule has 0 aliphatic heterocycles. The van der Waals surface area contributed by atoms with Gasteiger partial charge in [-0.2, -0.15) is 0 Å². The first-order chi connectivity index (χ1) is 11.5. The van der Waals surface area contributed by atoms with E-state index in [1.807, 2.05) is 42.5 Å². The molecule has 3 aromatic rings. The van der Waals surface area contributed by atoms with Gasteiger partial charge in [0.2, 0.25) is 5.91 Å². The van der Waals surface area contributed by atoms with E-state index in [1.165, 1.54) is 6.07 Å². The molecular weight excluding hydrogens is 304 g/mol. The van der Waals surface area contributed by atoms with Crippen molar-refractivity contribution in [2.24, 2.45) is 0 Å².